The molecule has 0 aliphatic carbocycles. The molecule has 11 heteroatoms. The van der Waals surface area contributed by atoms with E-state index < -0.39 is 36.0 Å². The Bertz CT molecular complexity index is 372. The van der Waals surface area contributed by atoms with Gasteiger partial charge in [0.05, 0.1) is 19.8 Å². The van der Waals surface area contributed by atoms with E-state index in [4.69, 9.17) is 30.6 Å². The lowest BCUT2D eigenvalue weighted by molar-refractivity contribution is -0.156. The number of rotatable bonds is 12. The van der Waals surface area contributed by atoms with Crippen LogP contribution in [0.1, 0.15) is 20.8 Å². The van der Waals surface area contributed by atoms with Crippen LogP contribution in [0.15, 0.2) is 0 Å². The van der Waals surface area contributed by atoms with E-state index in [1.54, 1.807) is 4.90 Å². The molecule has 0 heterocycles. The molecule has 0 spiro atoms. The van der Waals surface area contributed by atoms with Gasteiger partial charge in [0.1, 0.15) is 18.1 Å². The van der Waals surface area contributed by atoms with Crippen molar-refractivity contribution in [2.24, 2.45) is 0 Å². The first kappa shape index (κ1) is 26.4. The summed E-state index contributed by atoms with van der Waals surface area (Å²) in [6, 6.07) is -3.55. The van der Waals surface area contributed by atoms with E-state index in [0.717, 1.165) is 4.90 Å². The monoisotopic (exact) mass is 382 g/mol. The smallest absolute Gasteiger partial charge is 0.320 e. The van der Waals surface area contributed by atoms with Gasteiger partial charge in [0.15, 0.2) is 0 Å². The summed E-state index contributed by atoms with van der Waals surface area (Å²) < 4.78 is 0. The van der Waals surface area contributed by atoms with E-state index in [0.29, 0.717) is 19.6 Å². The SMILES string of the molecule is CC(C(=O)O)N(C(C)C(=O)O)C(C)C(=O)O.OCCN(CCO)CCO. The molecule has 154 valence electrons. The van der Waals surface area contributed by atoms with Crippen LogP contribution in [0.3, 0.4) is 0 Å². The van der Waals surface area contributed by atoms with Gasteiger partial charge in [0, 0.05) is 19.6 Å². The van der Waals surface area contributed by atoms with E-state index in [-0.39, 0.29) is 19.8 Å². The Hall–Kier alpha value is -1.79. The Morgan fingerprint density at radius 3 is 1.04 bits per heavy atom. The minimum atomic E-state index is -1.26. The van der Waals surface area contributed by atoms with Gasteiger partial charge in [-0.15, -0.1) is 0 Å². The van der Waals surface area contributed by atoms with Gasteiger partial charge in [-0.1, -0.05) is 0 Å². The quantitative estimate of drug-likeness (QED) is 0.219. The van der Waals surface area contributed by atoms with E-state index in [2.05, 4.69) is 0 Å². The van der Waals surface area contributed by atoms with Crippen molar-refractivity contribution < 1.29 is 45.0 Å². The van der Waals surface area contributed by atoms with Gasteiger partial charge in [-0.05, 0) is 20.8 Å². The molecule has 3 unspecified atom stereocenters. The number of aliphatic carboxylic acids is 3. The lowest BCUT2D eigenvalue weighted by Crippen LogP contribution is -2.54. The maximum Gasteiger partial charge on any atom is 0.320 e. The van der Waals surface area contributed by atoms with Crippen molar-refractivity contribution in [3.63, 3.8) is 0 Å². The number of carboxylic acids is 3. The van der Waals surface area contributed by atoms with Crippen LogP contribution in [0.5, 0.6) is 0 Å². The number of hydrogen-bond donors (Lipinski definition) is 6. The summed E-state index contributed by atoms with van der Waals surface area (Å²) in [5, 5.41) is 51.8. The van der Waals surface area contributed by atoms with Crippen molar-refractivity contribution in [3.05, 3.63) is 0 Å². The summed E-state index contributed by atoms with van der Waals surface area (Å²) in [7, 11) is 0. The van der Waals surface area contributed by atoms with Crippen molar-refractivity contribution >= 4 is 17.9 Å². The predicted molar refractivity (Wildman–Crippen MR) is 90.8 cm³/mol. The number of carbonyl (C=O) groups is 3. The second-order valence-corrected chi connectivity index (χ2v) is 5.50. The topological polar surface area (TPSA) is 179 Å². The van der Waals surface area contributed by atoms with Gasteiger partial charge in [0.25, 0.3) is 0 Å². The third-order valence-corrected chi connectivity index (χ3v) is 3.66. The van der Waals surface area contributed by atoms with Crippen LogP contribution in [0.2, 0.25) is 0 Å². The van der Waals surface area contributed by atoms with Crippen molar-refractivity contribution in [3.8, 4) is 0 Å². The number of nitrogens with zero attached hydrogens (tertiary/aromatic N) is 2. The van der Waals surface area contributed by atoms with Crippen LogP contribution in [0, 0.1) is 0 Å². The fourth-order valence-electron chi connectivity index (χ4n) is 2.15. The predicted octanol–water partition coefficient (Wildman–Crippen LogP) is -2.03. The summed E-state index contributed by atoms with van der Waals surface area (Å²) in [6.07, 6.45) is 0. The molecule has 0 saturated carbocycles. The summed E-state index contributed by atoms with van der Waals surface area (Å²) in [5.41, 5.74) is 0. The molecule has 0 saturated heterocycles. The van der Waals surface area contributed by atoms with Gasteiger partial charge in [-0.3, -0.25) is 24.2 Å². The number of aliphatic hydroxyl groups is 3. The molecule has 0 amide bonds. The Balaban J connectivity index is 0. The summed E-state index contributed by atoms with van der Waals surface area (Å²) in [5.74, 6) is -3.79. The van der Waals surface area contributed by atoms with E-state index >= 15 is 0 Å². The van der Waals surface area contributed by atoms with E-state index in [1.165, 1.54) is 20.8 Å². The highest BCUT2D eigenvalue weighted by molar-refractivity contribution is 5.80. The fraction of sp³-hybridized carbons (Fsp3) is 0.800. The normalized spacial score (nSPS) is 14.3. The van der Waals surface area contributed by atoms with Crippen LogP contribution < -0.4 is 0 Å². The molecule has 0 fully saturated rings. The fourth-order valence-corrected chi connectivity index (χ4v) is 2.15. The van der Waals surface area contributed by atoms with Crippen LogP contribution in [-0.4, -0.2) is 116 Å². The first-order valence-corrected chi connectivity index (χ1v) is 8.05. The summed E-state index contributed by atoms with van der Waals surface area (Å²) >= 11 is 0. The number of hydrogen-bond acceptors (Lipinski definition) is 8. The van der Waals surface area contributed by atoms with Crippen LogP contribution in [-0.2, 0) is 14.4 Å². The summed E-state index contributed by atoms with van der Waals surface area (Å²) in [4.78, 5) is 35.0. The lowest BCUT2D eigenvalue weighted by Gasteiger charge is -2.32. The van der Waals surface area contributed by atoms with Gasteiger partial charge in [-0.2, -0.15) is 0 Å². The summed E-state index contributed by atoms with van der Waals surface area (Å²) in [6.45, 7) is 5.51. The lowest BCUT2D eigenvalue weighted by atomic mass is 10.1. The first-order valence-electron chi connectivity index (χ1n) is 8.05. The van der Waals surface area contributed by atoms with Crippen molar-refractivity contribution in [2.75, 3.05) is 39.5 Å². The van der Waals surface area contributed by atoms with Crippen molar-refractivity contribution in [2.45, 2.75) is 38.9 Å². The van der Waals surface area contributed by atoms with E-state index in [9.17, 15) is 14.4 Å². The first-order chi connectivity index (χ1) is 12.0. The van der Waals surface area contributed by atoms with Crippen molar-refractivity contribution in [1.29, 1.82) is 0 Å². The molecule has 6 N–H and O–H groups in total. The van der Waals surface area contributed by atoms with Crippen LogP contribution >= 0.6 is 0 Å². The molecule has 0 aromatic heterocycles. The number of carboxylic acid groups (broad SMARTS) is 3. The Morgan fingerprint density at radius 2 is 0.885 bits per heavy atom. The molecule has 0 aromatic rings. The van der Waals surface area contributed by atoms with Crippen LogP contribution in [0.4, 0.5) is 0 Å². The minimum Gasteiger partial charge on any atom is -0.480 e. The molecule has 0 rings (SSSR count). The molecular weight excluding hydrogens is 352 g/mol. The third-order valence-electron chi connectivity index (χ3n) is 3.66. The zero-order valence-corrected chi connectivity index (χ0v) is 15.3. The molecular formula is C15H30N2O9. The van der Waals surface area contributed by atoms with Gasteiger partial charge in [-0.25, -0.2) is 0 Å². The maximum atomic E-state index is 10.8. The van der Waals surface area contributed by atoms with Gasteiger partial charge in [0.2, 0.25) is 0 Å². The molecule has 0 aromatic carbocycles. The zero-order valence-electron chi connectivity index (χ0n) is 15.3. The van der Waals surface area contributed by atoms with Crippen LogP contribution in [0.25, 0.3) is 0 Å². The Labute approximate surface area is 152 Å². The molecule has 11 nitrogen and oxygen atoms in total. The third kappa shape index (κ3) is 10.3. The highest BCUT2D eigenvalue weighted by Gasteiger charge is 2.36. The number of aliphatic hydroxyl groups excluding tert-OH is 3. The van der Waals surface area contributed by atoms with E-state index in [1.807, 2.05) is 0 Å². The Kier molecular flexibility index (Phi) is 14.6. The highest BCUT2D eigenvalue weighted by Crippen LogP contribution is 2.12. The Morgan fingerprint density at radius 1 is 0.654 bits per heavy atom. The van der Waals surface area contributed by atoms with Crippen molar-refractivity contribution in [1.82, 2.24) is 9.80 Å². The molecule has 26 heavy (non-hydrogen) atoms. The second-order valence-electron chi connectivity index (χ2n) is 5.50. The highest BCUT2D eigenvalue weighted by atomic mass is 16.4. The average molecular weight is 382 g/mol. The molecule has 3 atom stereocenters. The molecule has 0 bridgehead atoms. The maximum absolute atomic E-state index is 10.8. The standard InChI is InChI=1S/C9H15NO6.C6H15NO3/c1-4(7(11)12)10(5(2)8(13)14)6(3)9(15)16;8-4-1-7(2-5-9)3-6-10/h4-6H,1-3H3,(H,11,12)(H,13,14)(H,15,16);8-10H,1-6H2. The minimum absolute atomic E-state index is 0.0694. The second kappa shape index (κ2) is 14.4. The largest absolute Gasteiger partial charge is 0.480 e. The average Bonchev–Trinajstić information content (AvgIpc) is 2.55. The molecule has 0 radical (unpaired) electrons. The van der Waals surface area contributed by atoms with Gasteiger partial charge < -0.3 is 30.6 Å². The zero-order chi connectivity index (χ0) is 20.9. The molecule has 0 aliphatic rings. The van der Waals surface area contributed by atoms with Gasteiger partial charge >= 0.3 is 17.9 Å². The molecule has 0 aliphatic heterocycles.